The summed E-state index contributed by atoms with van der Waals surface area (Å²) in [4.78, 5) is 0. The van der Waals surface area contributed by atoms with Crippen LogP contribution in [-0.2, 0) is 9.47 Å². The van der Waals surface area contributed by atoms with E-state index in [4.69, 9.17) is 9.47 Å². The van der Waals surface area contributed by atoms with Crippen molar-refractivity contribution < 1.29 is 9.47 Å². The lowest BCUT2D eigenvalue weighted by Gasteiger charge is -2.47. The molecule has 0 radical (unpaired) electrons. The highest BCUT2D eigenvalue weighted by Crippen LogP contribution is 2.75. The predicted octanol–water partition coefficient (Wildman–Crippen LogP) is 4.38. The second kappa shape index (κ2) is 4.11. The van der Waals surface area contributed by atoms with Gasteiger partial charge in [0, 0.05) is 6.92 Å². The standard InChI is InChI=1S/C20H30O2/c1-7-10-18(5)21-16-12-20-11-15(19(16,6)22-18)17(3,4)14(20)9-8-13(20)2/h13-16H,8-9,11-12H2,1-6H3/t13-,14+,15-,16+,18-,19-,20-/m1/s1. The highest BCUT2D eigenvalue weighted by Gasteiger charge is 2.74. The molecule has 3 saturated carbocycles. The fourth-order valence-corrected chi connectivity index (χ4v) is 7.11. The normalized spacial score (nSPS) is 57.9. The van der Waals surface area contributed by atoms with Crippen molar-refractivity contribution in [3.63, 3.8) is 0 Å². The Kier molecular flexibility index (Phi) is 2.81. The maximum Gasteiger partial charge on any atom is 0.231 e. The number of hydrogen-bond acceptors (Lipinski definition) is 2. The second-order valence-electron chi connectivity index (χ2n) is 9.26. The van der Waals surface area contributed by atoms with Crippen LogP contribution in [0.1, 0.15) is 67.2 Å². The van der Waals surface area contributed by atoms with Gasteiger partial charge in [0.15, 0.2) is 0 Å². The minimum atomic E-state index is -0.720. The lowest BCUT2D eigenvalue weighted by Crippen LogP contribution is -2.52. The molecule has 1 saturated heterocycles. The van der Waals surface area contributed by atoms with E-state index in [1.54, 1.807) is 0 Å². The minimum absolute atomic E-state index is 0.183. The van der Waals surface area contributed by atoms with E-state index in [1.165, 1.54) is 19.3 Å². The van der Waals surface area contributed by atoms with Gasteiger partial charge in [-0.2, -0.15) is 0 Å². The molecule has 0 aromatic heterocycles. The van der Waals surface area contributed by atoms with Crippen LogP contribution in [0.2, 0.25) is 0 Å². The number of rotatable bonds is 0. The van der Waals surface area contributed by atoms with Crippen molar-refractivity contribution in [2.75, 3.05) is 0 Å². The molecular weight excluding hydrogens is 272 g/mol. The first-order chi connectivity index (χ1) is 10.2. The van der Waals surface area contributed by atoms with Crippen LogP contribution in [0.4, 0.5) is 0 Å². The topological polar surface area (TPSA) is 18.5 Å². The van der Waals surface area contributed by atoms with Crippen LogP contribution in [0.15, 0.2) is 0 Å². The number of hydrogen-bond donors (Lipinski definition) is 0. The van der Waals surface area contributed by atoms with Crippen LogP contribution in [0, 0.1) is 40.4 Å². The van der Waals surface area contributed by atoms with Crippen molar-refractivity contribution >= 4 is 0 Å². The van der Waals surface area contributed by atoms with Crippen molar-refractivity contribution in [2.24, 2.45) is 28.6 Å². The third kappa shape index (κ3) is 1.55. The first-order valence-corrected chi connectivity index (χ1v) is 9.00. The van der Waals surface area contributed by atoms with Gasteiger partial charge < -0.3 is 9.47 Å². The van der Waals surface area contributed by atoms with E-state index in [0.717, 1.165) is 18.3 Å². The smallest absolute Gasteiger partial charge is 0.231 e. The van der Waals surface area contributed by atoms with Crippen molar-refractivity contribution in [1.29, 1.82) is 0 Å². The van der Waals surface area contributed by atoms with E-state index in [1.807, 2.05) is 13.8 Å². The van der Waals surface area contributed by atoms with Gasteiger partial charge in [0.2, 0.25) is 5.79 Å². The maximum atomic E-state index is 6.55. The van der Waals surface area contributed by atoms with Crippen molar-refractivity contribution in [2.45, 2.75) is 84.7 Å². The van der Waals surface area contributed by atoms with Crippen LogP contribution in [0.3, 0.4) is 0 Å². The van der Waals surface area contributed by atoms with Gasteiger partial charge in [-0.15, -0.1) is 5.92 Å². The molecule has 2 bridgehead atoms. The number of fused-ring (bicyclic) bond motifs is 3. The summed E-state index contributed by atoms with van der Waals surface area (Å²) in [6, 6.07) is 0. The molecule has 22 heavy (non-hydrogen) atoms. The molecule has 1 spiro atoms. The van der Waals surface area contributed by atoms with Gasteiger partial charge in [0.1, 0.15) is 0 Å². The van der Waals surface area contributed by atoms with E-state index in [2.05, 4.69) is 39.5 Å². The van der Waals surface area contributed by atoms with E-state index in [-0.39, 0.29) is 11.7 Å². The molecule has 0 aromatic rings. The largest absolute Gasteiger partial charge is 0.333 e. The SMILES string of the molecule is CC#C[C@]1(C)O[C@H]2C[C@@]34C[C@H](C(C)(C)[C@@H]3CC[C@H]4C)[C@@]2(C)O1. The Morgan fingerprint density at radius 3 is 2.41 bits per heavy atom. The summed E-state index contributed by atoms with van der Waals surface area (Å²) in [6.07, 6.45) is 5.45. The molecule has 0 amide bonds. The molecule has 3 aliphatic carbocycles. The summed E-state index contributed by atoms with van der Waals surface area (Å²) in [5.41, 5.74) is 0.631. The van der Waals surface area contributed by atoms with Crippen molar-refractivity contribution in [1.82, 2.24) is 0 Å². The van der Waals surface area contributed by atoms with Gasteiger partial charge in [-0.25, -0.2) is 0 Å². The van der Waals surface area contributed by atoms with Gasteiger partial charge in [-0.1, -0.05) is 20.8 Å². The number of ether oxygens (including phenoxy) is 2. The maximum absolute atomic E-state index is 6.55. The quantitative estimate of drug-likeness (QED) is 0.618. The van der Waals surface area contributed by atoms with Gasteiger partial charge >= 0.3 is 0 Å². The zero-order valence-electron chi connectivity index (χ0n) is 15.0. The molecule has 0 N–H and O–H groups in total. The lowest BCUT2D eigenvalue weighted by atomic mass is 9.63. The molecule has 0 unspecified atom stereocenters. The molecule has 4 aliphatic rings. The summed E-state index contributed by atoms with van der Waals surface area (Å²) in [5, 5.41) is 0. The zero-order chi connectivity index (χ0) is 16.0. The molecule has 122 valence electrons. The average molecular weight is 302 g/mol. The Morgan fingerprint density at radius 1 is 1.00 bits per heavy atom. The van der Waals surface area contributed by atoms with E-state index < -0.39 is 5.79 Å². The first-order valence-electron chi connectivity index (χ1n) is 9.00. The monoisotopic (exact) mass is 302 g/mol. The molecular formula is C20H30O2. The van der Waals surface area contributed by atoms with Crippen LogP contribution >= 0.6 is 0 Å². The van der Waals surface area contributed by atoms with Gasteiger partial charge in [0.25, 0.3) is 0 Å². The highest BCUT2D eigenvalue weighted by molar-refractivity contribution is 5.23. The predicted molar refractivity (Wildman–Crippen MR) is 87.0 cm³/mol. The average Bonchev–Trinajstić information content (AvgIpc) is 2.92. The lowest BCUT2D eigenvalue weighted by molar-refractivity contribution is -0.152. The molecule has 2 heteroatoms. The molecule has 0 aromatic carbocycles. The second-order valence-corrected chi connectivity index (χ2v) is 9.26. The summed E-state index contributed by atoms with van der Waals surface area (Å²) in [7, 11) is 0. The van der Waals surface area contributed by atoms with Crippen molar-refractivity contribution in [3.05, 3.63) is 0 Å². The third-order valence-corrected chi connectivity index (χ3v) is 7.97. The molecule has 7 atom stereocenters. The van der Waals surface area contributed by atoms with E-state index in [9.17, 15) is 0 Å². The molecule has 4 rings (SSSR count). The van der Waals surface area contributed by atoms with Crippen LogP contribution in [0.5, 0.6) is 0 Å². The fraction of sp³-hybridized carbons (Fsp3) is 0.900. The summed E-state index contributed by atoms with van der Waals surface area (Å²) >= 11 is 0. The Balaban J connectivity index is 1.79. The first kappa shape index (κ1) is 15.0. The van der Waals surface area contributed by atoms with Gasteiger partial charge in [-0.3, -0.25) is 0 Å². The Morgan fingerprint density at radius 2 is 1.73 bits per heavy atom. The molecule has 1 heterocycles. The molecule has 1 aliphatic heterocycles. The van der Waals surface area contributed by atoms with E-state index in [0.29, 0.717) is 16.7 Å². The molecule has 4 fully saturated rings. The fourth-order valence-electron chi connectivity index (χ4n) is 7.11. The zero-order valence-corrected chi connectivity index (χ0v) is 15.0. The Labute approximate surface area is 135 Å². The van der Waals surface area contributed by atoms with Gasteiger partial charge in [0.05, 0.1) is 11.7 Å². The van der Waals surface area contributed by atoms with E-state index >= 15 is 0 Å². The van der Waals surface area contributed by atoms with Gasteiger partial charge in [-0.05, 0) is 74.0 Å². The highest BCUT2D eigenvalue weighted by atomic mass is 16.8. The summed E-state index contributed by atoms with van der Waals surface area (Å²) in [6.45, 7) is 13.6. The van der Waals surface area contributed by atoms with Crippen molar-refractivity contribution in [3.8, 4) is 11.8 Å². The summed E-state index contributed by atoms with van der Waals surface area (Å²) < 4.78 is 13.0. The van der Waals surface area contributed by atoms with Crippen LogP contribution in [0.25, 0.3) is 0 Å². The Bertz CT molecular complexity index is 570. The Hall–Kier alpha value is -0.520. The van der Waals surface area contributed by atoms with Crippen LogP contribution in [-0.4, -0.2) is 17.5 Å². The molecule has 2 nitrogen and oxygen atoms in total. The summed E-state index contributed by atoms with van der Waals surface area (Å²) in [5.74, 6) is 7.67. The third-order valence-electron chi connectivity index (χ3n) is 7.97. The minimum Gasteiger partial charge on any atom is -0.333 e. The van der Waals surface area contributed by atoms with Crippen LogP contribution < -0.4 is 0 Å².